The molecule has 3 aliphatic heterocycles. The second kappa shape index (κ2) is 5.60. The van der Waals surface area contributed by atoms with Crippen molar-refractivity contribution in [2.45, 2.75) is 41.7 Å². The van der Waals surface area contributed by atoms with Crippen LogP contribution < -0.4 is 5.73 Å². The van der Waals surface area contributed by atoms with Gasteiger partial charge in [0, 0.05) is 7.11 Å². The Labute approximate surface area is 126 Å². The van der Waals surface area contributed by atoms with E-state index >= 15 is 0 Å². The second-order valence-electron chi connectivity index (χ2n) is 5.41. The monoisotopic (exact) mass is 314 g/mol. The minimum absolute atomic E-state index is 0.0224. The van der Waals surface area contributed by atoms with E-state index in [0.29, 0.717) is 6.61 Å². The molecule has 0 saturated carbocycles. The lowest BCUT2D eigenvalue weighted by Gasteiger charge is -2.49. The Morgan fingerprint density at radius 2 is 2.38 bits per heavy atom. The number of carbonyl (C=O) groups is 2. The van der Waals surface area contributed by atoms with Crippen LogP contribution in [0.25, 0.3) is 0 Å². The maximum absolute atomic E-state index is 11.7. The van der Waals surface area contributed by atoms with E-state index in [1.54, 1.807) is 13.2 Å². The van der Waals surface area contributed by atoms with E-state index in [1.807, 2.05) is 0 Å². The number of nitrogens with two attached hydrogens (primary N) is 1. The number of fused-ring (bicyclic) bond motifs is 1. The molecule has 3 rings (SSSR count). The fraction of sp³-hybridized carbons (Fsp3) is 0.692. The number of rotatable bonds is 4. The van der Waals surface area contributed by atoms with Gasteiger partial charge in [0.2, 0.25) is 5.91 Å². The first-order valence-corrected chi connectivity index (χ1v) is 7.81. The third-order valence-corrected chi connectivity index (χ3v) is 5.58. The van der Waals surface area contributed by atoms with E-state index in [-0.39, 0.29) is 34.4 Å². The molecule has 5 atom stereocenters. The Morgan fingerprint density at radius 3 is 3.05 bits per heavy atom. The van der Waals surface area contributed by atoms with Crippen molar-refractivity contribution in [2.75, 3.05) is 13.7 Å². The summed E-state index contributed by atoms with van der Waals surface area (Å²) >= 11 is 1.51. The summed E-state index contributed by atoms with van der Waals surface area (Å²) in [5.41, 5.74) is 5.80. The number of nitrogens with zero attached hydrogens (tertiary/aromatic N) is 1. The maximum Gasteiger partial charge on any atom is 0.352 e. The van der Waals surface area contributed by atoms with E-state index in [2.05, 4.69) is 0 Å². The fourth-order valence-corrected chi connectivity index (χ4v) is 4.51. The normalized spacial score (nSPS) is 38.8. The van der Waals surface area contributed by atoms with Gasteiger partial charge in [-0.05, 0) is 18.9 Å². The lowest BCUT2D eigenvalue weighted by Crippen LogP contribution is -2.69. The van der Waals surface area contributed by atoms with Gasteiger partial charge in [0.15, 0.2) is 0 Å². The Morgan fingerprint density at radius 1 is 1.62 bits per heavy atom. The smallest absolute Gasteiger partial charge is 0.352 e. The van der Waals surface area contributed by atoms with Gasteiger partial charge in [-0.2, -0.15) is 0 Å². The van der Waals surface area contributed by atoms with Crippen molar-refractivity contribution in [3.05, 3.63) is 11.8 Å². The maximum atomic E-state index is 11.7. The van der Waals surface area contributed by atoms with Crippen molar-refractivity contribution in [2.24, 2.45) is 5.73 Å². The first kappa shape index (κ1) is 14.8. The second-order valence-corrected chi connectivity index (χ2v) is 6.71. The van der Waals surface area contributed by atoms with Crippen molar-refractivity contribution in [1.29, 1.82) is 0 Å². The summed E-state index contributed by atoms with van der Waals surface area (Å²) in [6.45, 7) is 0.539. The average Bonchev–Trinajstić information content (AvgIpc) is 2.94. The molecule has 2 saturated heterocycles. The summed E-state index contributed by atoms with van der Waals surface area (Å²) < 4.78 is 11.0. The summed E-state index contributed by atoms with van der Waals surface area (Å²) in [7, 11) is 1.63. The van der Waals surface area contributed by atoms with Gasteiger partial charge < -0.3 is 20.3 Å². The van der Waals surface area contributed by atoms with Crippen LogP contribution in [-0.2, 0) is 19.1 Å². The average molecular weight is 314 g/mol. The van der Waals surface area contributed by atoms with E-state index < -0.39 is 12.0 Å². The summed E-state index contributed by atoms with van der Waals surface area (Å²) in [6, 6.07) is -0.628. The zero-order valence-electron chi connectivity index (χ0n) is 11.6. The first-order valence-electron chi connectivity index (χ1n) is 6.86. The van der Waals surface area contributed by atoms with E-state index in [9.17, 15) is 14.7 Å². The molecule has 0 spiro atoms. The molecule has 3 N–H and O–H groups in total. The van der Waals surface area contributed by atoms with Gasteiger partial charge in [-0.3, -0.25) is 9.69 Å². The van der Waals surface area contributed by atoms with Gasteiger partial charge in [0.05, 0.1) is 24.1 Å². The molecular weight excluding hydrogens is 296 g/mol. The zero-order valence-corrected chi connectivity index (χ0v) is 12.4. The molecule has 1 unspecified atom stereocenters. The molecule has 2 fully saturated rings. The standard InChI is InChI=1S/C13H18N2O5S/c1-19-5-6-2-3-8(20-6)9-4-7(13(17)18)15-11(16)10(14)12(15)21-9/h4,6,8-10,12H,2-3,5,14H2,1H3,(H,17,18)/t6-,8+,9?,10+,12+/m0/s1. The topological polar surface area (TPSA) is 102 Å². The predicted molar refractivity (Wildman–Crippen MR) is 75.5 cm³/mol. The number of carboxylic acids is 1. The largest absolute Gasteiger partial charge is 0.477 e. The summed E-state index contributed by atoms with van der Waals surface area (Å²) in [6.07, 6.45) is 3.36. The number of ether oxygens (including phenoxy) is 2. The molecule has 7 nitrogen and oxygen atoms in total. The number of amides is 1. The van der Waals surface area contributed by atoms with Gasteiger partial charge in [0.25, 0.3) is 0 Å². The summed E-state index contributed by atoms with van der Waals surface area (Å²) in [4.78, 5) is 24.3. The number of hydrogen-bond acceptors (Lipinski definition) is 6. The number of carbonyl (C=O) groups excluding carboxylic acids is 1. The van der Waals surface area contributed by atoms with Crippen molar-refractivity contribution in [3.8, 4) is 0 Å². The molecule has 0 aromatic heterocycles. The number of methoxy groups -OCH3 is 1. The van der Waals surface area contributed by atoms with Crippen LogP contribution in [0.4, 0.5) is 0 Å². The van der Waals surface area contributed by atoms with E-state index in [1.165, 1.54) is 16.7 Å². The van der Waals surface area contributed by atoms with Gasteiger partial charge in [-0.25, -0.2) is 4.79 Å². The lowest BCUT2D eigenvalue weighted by molar-refractivity contribution is -0.147. The van der Waals surface area contributed by atoms with Crippen LogP contribution >= 0.6 is 11.8 Å². The molecule has 1 amide bonds. The van der Waals surface area contributed by atoms with Gasteiger partial charge >= 0.3 is 5.97 Å². The molecular formula is C13H18N2O5S. The minimum atomic E-state index is -1.10. The highest BCUT2D eigenvalue weighted by molar-refractivity contribution is 8.00. The third kappa shape index (κ3) is 2.46. The highest BCUT2D eigenvalue weighted by Gasteiger charge is 2.53. The van der Waals surface area contributed by atoms with Gasteiger partial charge in [0.1, 0.15) is 17.1 Å². The number of β-lactam (4-membered cyclic amide) rings is 1. The van der Waals surface area contributed by atoms with Crippen LogP contribution in [-0.4, -0.2) is 64.5 Å². The van der Waals surface area contributed by atoms with E-state index in [0.717, 1.165) is 12.8 Å². The lowest BCUT2D eigenvalue weighted by atomic mass is 10.0. The molecule has 3 aliphatic rings. The quantitative estimate of drug-likeness (QED) is 0.690. The molecule has 21 heavy (non-hydrogen) atoms. The number of aliphatic carboxylic acids is 1. The molecule has 0 aromatic carbocycles. The molecule has 0 radical (unpaired) electrons. The summed E-state index contributed by atoms with van der Waals surface area (Å²) in [5, 5.41) is 8.89. The van der Waals surface area contributed by atoms with Crippen LogP contribution in [0.1, 0.15) is 12.8 Å². The van der Waals surface area contributed by atoms with Crippen LogP contribution in [0.3, 0.4) is 0 Å². The molecule has 3 heterocycles. The van der Waals surface area contributed by atoms with Crippen LogP contribution in [0.15, 0.2) is 11.8 Å². The van der Waals surface area contributed by atoms with E-state index in [4.69, 9.17) is 15.2 Å². The number of thioether (sulfide) groups is 1. The van der Waals surface area contributed by atoms with Gasteiger partial charge in [-0.15, -0.1) is 11.8 Å². The first-order chi connectivity index (χ1) is 10.0. The van der Waals surface area contributed by atoms with Crippen LogP contribution in [0, 0.1) is 0 Å². The Bertz CT molecular complexity index is 497. The zero-order chi connectivity index (χ0) is 15.1. The third-order valence-electron chi connectivity index (χ3n) is 4.04. The minimum Gasteiger partial charge on any atom is -0.477 e. The Balaban J connectivity index is 1.76. The van der Waals surface area contributed by atoms with Crippen molar-refractivity contribution in [3.63, 3.8) is 0 Å². The van der Waals surface area contributed by atoms with Crippen molar-refractivity contribution >= 4 is 23.6 Å². The van der Waals surface area contributed by atoms with Crippen molar-refractivity contribution in [1.82, 2.24) is 4.90 Å². The Hall–Kier alpha value is -1.09. The highest BCUT2D eigenvalue weighted by atomic mass is 32.2. The number of carboxylic acid groups (broad SMARTS) is 1. The fourth-order valence-electron chi connectivity index (χ4n) is 2.98. The predicted octanol–water partition coefficient (Wildman–Crippen LogP) is -0.240. The van der Waals surface area contributed by atoms with Crippen molar-refractivity contribution < 1.29 is 24.2 Å². The molecule has 116 valence electrons. The van der Waals surface area contributed by atoms with Gasteiger partial charge in [-0.1, -0.05) is 0 Å². The molecule has 8 heteroatoms. The molecule has 0 aliphatic carbocycles. The Kier molecular flexibility index (Phi) is 3.96. The van der Waals surface area contributed by atoms with Crippen LogP contribution in [0.5, 0.6) is 0 Å². The van der Waals surface area contributed by atoms with Crippen LogP contribution in [0.2, 0.25) is 0 Å². The highest BCUT2D eigenvalue weighted by Crippen LogP contribution is 2.43. The molecule has 0 bridgehead atoms. The number of hydrogen-bond donors (Lipinski definition) is 2. The SMILES string of the molecule is COC[C@@H]1CC[C@H](C2C=C(C(=O)O)N3C(=O)[C@@H](N)[C@H]3S2)O1. The summed E-state index contributed by atoms with van der Waals surface area (Å²) in [5.74, 6) is -1.43. The molecule has 0 aromatic rings.